The number of carbonyl (C=O) groups excluding carboxylic acids is 4. The fourth-order valence-electron chi connectivity index (χ4n) is 4.02. The van der Waals surface area contributed by atoms with Gasteiger partial charge in [0.05, 0.1) is 0 Å². The lowest BCUT2D eigenvalue weighted by molar-refractivity contribution is -0.150. The average Bonchev–Trinajstić information content (AvgIpc) is 2.95. The van der Waals surface area contributed by atoms with E-state index in [-0.39, 0.29) is 6.61 Å². The molecule has 2 atom stereocenters. The zero-order chi connectivity index (χ0) is 18.2. The zero-order valence-corrected chi connectivity index (χ0v) is 14.1. The lowest BCUT2D eigenvalue weighted by atomic mass is 9.68. The SMILES string of the molecule is CC1(C)C2CCC1(C(=O)NNC(=O)COc1ccccc1)C(=O)C2=O. The number of rotatable bonds is 4. The minimum atomic E-state index is -1.40. The maximum atomic E-state index is 12.6. The number of fused-ring (bicyclic) bond motifs is 2. The Morgan fingerprint density at radius 2 is 1.84 bits per heavy atom. The van der Waals surface area contributed by atoms with Crippen molar-refractivity contribution in [1.29, 1.82) is 0 Å². The Bertz CT molecular complexity index is 743. The first-order chi connectivity index (χ1) is 11.8. The van der Waals surface area contributed by atoms with E-state index in [0.717, 1.165) is 0 Å². The average molecular weight is 344 g/mol. The molecule has 2 amide bonds. The number of carbonyl (C=O) groups is 4. The number of amides is 2. The van der Waals surface area contributed by atoms with Crippen LogP contribution in [0.5, 0.6) is 5.75 Å². The molecule has 7 heteroatoms. The van der Waals surface area contributed by atoms with Crippen LogP contribution in [0.3, 0.4) is 0 Å². The van der Waals surface area contributed by atoms with Crippen LogP contribution in [0.2, 0.25) is 0 Å². The van der Waals surface area contributed by atoms with Crippen LogP contribution in [-0.4, -0.2) is 30.0 Å². The molecule has 1 aromatic carbocycles. The van der Waals surface area contributed by atoms with Crippen LogP contribution in [0.15, 0.2) is 30.3 Å². The summed E-state index contributed by atoms with van der Waals surface area (Å²) < 4.78 is 5.28. The standard InChI is InChI=1S/C18H20N2O5/c1-17(2)12-8-9-18(17,15(23)14(12)22)16(24)20-19-13(21)10-25-11-6-4-3-5-7-11/h3-7,12H,8-10H2,1-2H3,(H,19,21)(H,20,24). The molecule has 2 aliphatic carbocycles. The maximum Gasteiger partial charge on any atom is 0.276 e. The van der Waals surface area contributed by atoms with Crippen molar-refractivity contribution in [1.82, 2.24) is 10.9 Å². The summed E-state index contributed by atoms with van der Waals surface area (Å²) in [6, 6.07) is 8.78. The van der Waals surface area contributed by atoms with E-state index in [4.69, 9.17) is 4.74 Å². The number of ketones is 2. The Morgan fingerprint density at radius 1 is 1.16 bits per heavy atom. The number of Topliss-reactive ketones (excluding diaryl/α,β-unsaturated/α-hetero) is 2. The summed E-state index contributed by atoms with van der Waals surface area (Å²) in [4.78, 5) is 48.9. The van der Waals surface area contributed by atoms with Gasteiger partial charge in [-0.05, 0) is 30.4 Å². The number of ether oxygens (including phenoxy) is 1. The van der Waals surface area contributed by atoms with Crippen LogP contribution < -0.4 is 15.6 Å². The first kappa shape index (κ1) is 17.1. The Morgan fingerprint density at radius 3 is 2.44 bits per heavy atom. The van der Waals surface area contributed by atoms with Gasteiger partial charge in [0.15, 0.2) is 6.61 Å². The number of hydrazine groups is 1. The highest BCUT2D eigenvalue weighted by Crippen LogP contribution is 2.62. The minimum Gasteiger partial charge on any atom is -0.484 e. The van der Waals surface area contributed by atoms with E-state index < -0.39 is 40.1 Å². The molecule has 2 bridgehead atoms. The Balaban J connectivity index is 1.60. The number of hydrogen-bond acceptors (Lipinski definition) is 5. The second kappa shape index (κ2) is 5.98. The molecule has 7 nitrogen and oxygen atoms in total. The second-order valence-electron chi connectivity index (χ2n) is 7.02. The number of nitrogens with one attached hydrogen (secondary N) is 2. The molecule has 0 aromatic heterocycles. The van der Waals surface area contributed by atoms with Crippen LogP contribution in [-0.2, 0) is 19.2 Å². The van der Waals surface area contributed by atoms with Gasteiger partial charge < -0.3 is 4.74 Å². The first-order valence-electron chi connectivity index (χ1n) is 8.16. The maximum absolute atomic E-state index is 12.6. The van der Waals surface area contributed by atoms with E-state index in [1.807, 2.05) is 6.07 Å². The molecule has 2 saturated carbocycles. The van der Waals surface area contributed by atoms with Crippen molar-refractivity contribution in [2.45, 2.75) is 26.7 Å². The lowest BCUT2D eigenvalue weighted by Gasteiger charge is -2.33. The van der Waals surface area contributed by atoms with Crippen LogP contribution in [0, 0.1) is 16.7 Å². The summed E-state index contributed by atoms with van der Waals surface area (Å²) in [7, 11) is 0. The molecule has 1 aromatic rings. The Kier molecular flexibility index (Phi) is 4.10. The fourth-order valence-corrected chi connectivity index (χ4v) is 4.02. The molecule has 0 spiro atoms. The highest BCUT2D eigenvalue weighted by Gasteiger charge is 2.72. The molecule has 132 valence electrons. The largest absolute Gasteiger partial charge is 0.484 e. The first-order valence-corrected chi connectivity index (χ1v) is 8.16. The molecular weight excluding hydrogens is 324 g/mol. The van der Waals surface area contributed by atoms with Gasteiger partial charge in [-0.25, -0.2) is 0 Å². The van der Waals surface area contributed by atoms with E-state index >= 15 is 0 Å². The number of benzene rings is 1. The van der Waals surface area contributed by atoms with E-state index in [0.29, 0.717) is 18.6 Å². The molecule has 2 unspecified atom stereocenters. The number of hydrogen-bond donors (Lipinski definition) is 2. The summed E-state index contributed by atoms with van der Waals surface area (Å²) in [5.41, 5.74) is 2.39. The molecular formula is C18H20N2O5. The minimum absolute atomic E-state index is 0.282. The third-order valence-electron chi connectivity index (χ3n) is 5.52. The molecule has 0 radical (unpaired) electrons. The molecule has 2 aliphatic rings. The van der Waals surface area contributed by atoms with E-state index in [9.17, 15) is 19.2 Å². The van der Waals surface area contributed by atoms with Gasteiger partial charge >= 0.3 is 0 Å². The van der Waals surface area contributed by atoms with Crippen LogP contribution >= 0.6 is 0 Å². The van der Waals surface area contributed by atoms with Gasteiger partial charge in [-0.15, -0.1) is 0 Å². The van der Waals surface area contributed by atoms with Crippen molar-refractivity contribution in [2.75, 3.05) is 6.61 Å². The smallest absolute Gasteiger partial charge is 0.276 e. The number of para-hydroxylation sites is 1. The quantitative estimate of drug-likeness (QED) is 0.478. The van der Waals surface area contributed by atoms with Gasteiger partial charge in [0.25, 0.3) is 11.8 Å². The highest BCUT2D eigenvalue weighted by atomic mass is 16.5. The van der Waals surface area contributed by atoms with Crippen molar-refractivity contribution in [3.63, 3.8) is 0 Å². The van der Waals surface area contributed by atoms with E-state index in [1.165, 1.54) is 0 Å². The van der Waals surface area contributed by atoms with Crippen molar-refractivity contribution in [3.8, 4) is 5.75 Å². The fraction of sp³-hybridized carbons (Fsp3) is 0.444. The predicted octanol–water partition coefficient (Wildman–Crippen LogP) is 0.787. The Hall–Kier alpha value is -2.70. The molecule has 0 aliphatic heterocycles. The van der Waals surface area contributed by atoms with Gasteiger partial charge in [0.2, 0.25) is 11.6 Å². The summed E-state index contributed by atoms with van der Waals surface area (Å²) in [5.74, 6) is -2.23. The van der Waals surface area contributed by atoms with Crippen LogP contribution in [0.25, 0.3) is 0 Å². The van der Waals surface area contributed by atoms with Crippen LogP contribution in [0.1, 0.15) is 26.7 Å². The van der Waals surface area contributed by atoms with Crippen molar-refractivity contribution in [3.05, 3.63) is 30.3 Å². The topological polar surface area (TPSA) is 102 Å². The molecule has 2 N–H and O–H groups in total. The van der Waals surface area contributed by atoms with Gasteiger partial charge in [-0.1, -0.05) is 32.0 Å². The highest BCUT2D eigenvalue weighted by molar-refractivity contribution is 6.47. The lowest BCUT2D eigenvalue weighted by Crippen LogP contribution is -2.55. The zero-order valence-electron chi connectivity index (χ0n) is 14.1. The second-order valence-corrected chi connectivity index (χ2v) is 7.02. The summed E-state index contributed by atoms with van der Waals surface area (Å²) in [6.07, 6.45) is 0.827. The van der Waals surface area contributed by atoms with Crippen molar-refractivity contribution in [2.24, 2.45) is 16.7 Å². The molecule has 0 heterocycles. The summed E-state index contributed by atoms with van der Waals surface area (Å²) in [5, 5.41) is 0. The third-order valence-corrected chi connectivity index (χ3v) is 5.52. The van der Waals surface area contributed by atoms with E-state index in [2.05, 4.69) is 10.9 Å². The van der Waals surface area contributed by atoms with E-state index in [1.54, 1.807) is 38.1 Å². The molecule has 2 fully saturated rings. The van der Waals surface area contributed by atoms with Gasteiger partial charge in [-0.2, -0.15) is 0 Å². The van der Waals surface area contributed by atoms with Crippen LogP contribution in [0.4, 0.5) is 0 Å². The van der Waals surface area contributed by atoms with Gasteiger partial charge in [0, 0.05) is 5.92 Å². The van der Waals surface area contributed by atoms with Gasteiger partial charge in [-0.3, -0.25) is 30.0 Å². The van der Waals surface area contributed by atoms with Crippen molar-refractivity contribution < 1.29 is 23.9 Å². The summed E-state index contributed by atoms with van der Waals surface area (Å²) >= 11 is 0. The molecule has 25 heavy (non-hydrogen) atoms. The third kappa shape index (κ3) is 2.50. The molecule has 3 rings (SSSR count). The molecule has 0 saturated heterocycles. The Labute approximate surface area is 145 Å². The monoisotopic (exact) mass is 344 g/mol. The predicted molar refractivity (Wildman–Crippen MR) is 87.2 cm³/mol. The van der Waals surface area contributed by atoms with Gasteiger partial charge in [0.1, 0.15) is 11.2 Å². The normalized spacial score (nSPS) is 26.4. The summed E-state index contributed by atoms with van der Waals surface area (Å²) in [6.45, 7) is 3.23. The van der Waals surface area contributed by atoms with Crippen molar-refractivity contribution >= 4 is 23.4 Å².